The summed E-state index contributed by atoms with van der Waals surface area (Å²) in [5.74, 6) is 0.563. The smallest absolute Gasteiger partial charge is 0.239 e. The molecule has 19 heavy (non-hydrogen) atoms. The van der Waals surface area contributed by atoms with E-state index in [0.29, 0.717) is 19.0 Å². The van der Waals surface area contributed by atoms with Gasteiger partial charge < -0.3 is 10.2 Å². The number of hydrogen-bond donors (Lipinski definition) is 1. The molecule has 0 aromatic heterocycles. The summed E-state index contributed by atoms with van der Waals surface area (Å²) in [5.41, 5.74) is 3.75. The van der Waals surface area contributed by atoms with Crippen molar-refractivity contribution in [2.75, 3.05) is 18.0 Å². The van der Waals surface area contributed by atoms with Crippen LogP contribution in [0.25, 0.3) is 0 Å². The van der Waals surface area contributed by atoms with E-state index in [2.05, 4.69) is 63.0 Å². The quantitative estimate of drug-likeness (QED) is 0.887. The van der Waals surface area contributed by atoms with Crippen LogP contribution >= 0.6 is 0 Å². The molecule has 1 heterocycles. The maximum atomic E-state index is 11.8. The largest absolute Gasteiger partial charge is 0.355 e. The summed E-state index contributed by atoms with van der Waals surface area (Å²) in [6.45, 7) is 12.0. The van der Waals surface area contributed by atoms with Crippen molar-refractivity contribution in [1.29, 1.82) is 0 Å². The van der Waals surface area contributed by atoms with Crippen LogP contribution in [0.5, 0.6) is 0 Å². The van der Waals surface area contributed by atoms with Crippen molar-refractivity contribution >= 4 is 11.6 Å². The summed E-state index contributed by atoms with van der Waals surface area (Å²) in [7, 11) is 0. The fourth-order valence-corrected chi connectivity index (χ4v) is 2.72. The fourth-order valence-electron chi connectivity index (χ4n) is 2.72. The second kappa shape index (κ2) is 4.87. The number of aryl methyl sites for hydroxylation is 1. The van der Waals surface area contributed by atoms with Gasteiger partial charge in [-0.05, 0) is 37.8 Å². The molecule has 104 valence electrons. The molecule has 1 N–H and O–H groups in total. The van der Waals surface area contributed by atoms with Crippen molar-refractivity contribution in [2.24, 2.45) is 0 Å². The Morgan fingerprint density at radius 1 is 1.32 bits per heavy atom. The second-order valence-electron chi connectivity index (χ2n) is 6.34. The van der Waals surface area contributed by atoms with Gasteiger partial charge >= 0.3 is 0 Å². The maximum Gasteiger partial charge on any atom is 0.239 e. The van der Waals surface area contributed by atoms with Gasteiger partial charge in [0.1, 0.15) is 0 Å². The predicted molar refractivity (Wildman–Crippen MR) is 79.7 cm³/mol. The van der Waals surface area contributed by atoms with Gasteiger partial charge in [0, 0.05) is 12.2 Å². The Hall–Kier alpha value is -1.51. The molecule has 0 atom stereocenters. The molecule has 0 radical (unpaired) electrons. The van der Waals surface area contributed by atoms with Gasteiger partial charge in [0.05, 0.1) is 12.1 Å². The first kappa shape index (κ1) is 13.9. The number of carbonyl (C=O) groups is 1. The van der Waals surface area contributed by atoms with Crippen LogP contribution in [0.3, 0.4) is 0 Å². The molecule has 1 saturated heterocycles. The number of nitrogens with one attached hydrogen (secondary N) is 1. The number of amides is 1. The summed E-state index contributed by atoms with van der Waals surface area (Å²) in [5, 5.41) is 2.96. The van der Waals surface area contributed by atoms with Gasteiger partial charge in [-0.15, -0.1) is 0 Å². The van der Waals surface area contributed by atoms with Crippen LogP contribution in [0.15, 0.2) is 18.2 Å². The lowest BCUT2D eigenvalue weighted by Crippen LogP contribution is -2.61. The number of anilines is 1. The van der Waals surface area contributed by atoms with E-state index in [1.54, 1.807) is 0 Å². The van der Waals surface area contributed by atoms with E-state index >= 15 is 0 Å². The van der Waals surface area contributed by atoms with Crippen LogP contribution in [0, 0.1) is 6.92 Å². The molecule has 1 aliphatic heterocycles. The van der Waals surface area contributed by atoms with Crippen molar-refractivity contribution in [3.8, 4) is 0 Å². The minimum absolute atomic E-state index is 0.0519. The molecule has 1 amide bonds. The molecular formula is C16H24N2O. The highest BCUT2D eigenvalue weighted by Gasteiger charge is 2.35. The lowest BCUT2D eigenvalue weighted by Gasteiger charge is -2.45. The molecule has 0 aliphatic carbocycles. The zero-order valence-electron chi connectivity index (χ0n) is 12.6. The van der Waals surface area contributed by atoms with Crippen molar-refractivity contribution in [3.63, 3.8) is 0 Å². The lowest BCUT2D eigenvalue weighted by atomic mass is 9.92. The molecule has 3 heteroatoms. The van der Waals surface area contributed by atoms with Crippen LogP contribution in [0.4, 0.5) is 5.69 Å². The first-order valence-corrected chi connectivity index (χ1v) is 6.97. The molecule has 0 saturated carbocycles. The van der Waals surface area contributed by atoms with Crippen LogP contribution in [0.2, 0.25) is 0 Å². The lowest BCUT2D eigenvalue weighted by molar-refractivity contribution is -0.121. The number of carbonyl (C=O) groups excluding carboxylic acids is 1. The third-order valence-electron chi connectivity index (χ3n) is 3.91. The predicted octanol–water partition coefficient (Wildman–Crippen LogP) is 2.83. The van der Waals surface area contributed by atoms with Crippen LogP contribution in [0.1, 0.15) is 44.7 Å². The summed E-state index contributed by atoms with van der Waals surface area (Å²) in [6, 6.07) is 6.41. The number of piperazine rings is 1. The van der Waals surface area contributed by atoms with Gasteiger partial charge in [0.15, 0.2) is 0 Å². The van der Waals surface area contributed by atoms with Crippen molar-refractivity contribution < 1.29 is 4.79 Å². The molecule has 1 aromatic rings. The van der Waals surface area contributed by atoms with Crippen molar-refractivity contribution in [3.05, 3.63) is 29.3 Å². The molecule has 1 aliphatic rings. The Balaban J connectivity index is 2.53. The third-order valence-corrected chi connectivity index (χ3v) is 3.91. The minimum atomic E-state index is -0.0519. The summed E-state index contributed by atoms with van der Waals surface area (Å²) >= 11 is 0. The van der Waals surface area contributed by atoms with Gasteiger partial charge in [-0.1, -0.05) is 32.0 Å². The molecule has 0 bridgehead atoms. The number of hydrogen-bond acceptors (Lipinski definition) is 2. The highest BCUT2D eigenvalue weighted by atomic mass is 16.2. The maximum absolute atomic E-state index is 11.8. The average molecular weight is 260 g/mol. The van der Waals surface area contributed by atoms with Crippen LogP contribution in [-0.4, -0.2) is 24.5 Å². The van der Waals surface area contributed by atoms with Gasteiger partial charge in [0.25, 0.3) is 0 Å². The number of para-hydroxylation sites is 1. The summed E-state index contributed by atoms with van der Waals surface area (Å²) in [4.78, 5) is 14.0. The standard InChI is InChI=1S/C16H24N2O/c1-11(2)13-8-6-7-12(3)15(13)18-9-14(19)17-10-16(18,4)5/h6-8,11H,9-10H2,1-5H3,(H,17,19). The first-order valence-electron chi connectivity index (χ1n) is 6.97. The molecule has 2 rings (SSSR count). The van der Waals surface area contributed by atoms with E-state index in [-0.39, 0.29) is 11.4 Å². The second-order valence-corrected chi connectivity index (χ2v) is 6.34. The van der Waals surface area contributed by atoms with Gasteiger partial charge in [0.2, 0.25) is 5.91 Å². The minimum Gasteiger partial charge on any atom is -0.355 e. The van der Waals surface area contributed by atoms with E-state index in [1.807, 2.05) is 0 Å². The normalized spacial score (nSPS) is 18.6. The third kappa shape index (κ3) is 2.60. The fraction of sp³-hybridized carbons (Fsp3) is 0.562. The first-order chi connectivity index (χ1) is 8.83. The topological polar surface area (TPSA) is 32.3 Å². The van der Waals surface area contributed by atoms with E-state index < -0.39 is 0 Å². The van der Waals surface area contributed by atoms with Gasteiger partial charge in [-0.25, -0.2) is 0 Å². The van der Waals surface area contributed by atoms with E-state index in [0.717, 1.165) is 0 Å². The van der Waals surface area contributed by atoms with Crippen LogP contribution in [-0.2, 0) is 4.79 Å². The molecule has 0 spiro atoms. The molecule has 3 nitrogen and oxygen atoms in total. The Morgan fingerprint density at radius 2 is 2.00 bits per heavy atom. The Bertz CT molecular complexity index is 492. The Morgan fingerprint density at radius 3 is 2.63 bits per heavy atom. The summed E-state index contributed by atoms with van der Waals surface area (Å²) in [6.07, 6.45) is 0. The SMILES string of the molecule is Cc1cccc(C(C)C)c1N1CC(=O)NCC1(C)C. The van der Waals surface area contributed by atoms with Gasteiger partial charge in [-0.2, -0.15) is 0 Å². The Kier molecular flexibility index (Phi) is 3.57. The van der Waals surface area contributed by atoms with Gasteiger partial charge in [-0.3, -0.25) is 4.79 Å². The zero-order valence-corrected chi connectivity index (χ0v) is 12.6. The Labute approximate surface area is 116 Å². The average Bonchev–Trinajstić information content (AvgIpc) is 2.32. The molecular weight excluding hydrogens is 236 g/mol. The number of benzene rings is 1. The highest BCUT2D eigenvalue weighted by molar-refractivity contribution is 5.84. The monoisotopic (exact) mass is 260 g/mol. The van der Waals surface area contributed by atoms with Crippen molar-refractivity contribution in [1.82, 2.24) is 5.32 Å². The van der Waals surface area contributed by atoms with E-state index in [9.17, 15) is 4.79 Å². The molecule has 0 unspecified atom stereocenters. The zero-order chi connectivity index (χ0) is 14.2. The van der Waals surface area contributed by atoms with Crippen LogP contribution < -0.4 is 10.2 Å². The molecule has 1 fully saturated rings. The highest BCUT2D eigenvalue weighted by Crippen LogP contribution is 2.35. The number of nitrogens with zero attached hydrogens (tertiary/aromatic N) is 1. The van der Waals surface area contributed by atoms with Crippen molar-refractivity contribution in [2.45, 2.75) is 46.1 Å². The molecule has 1 aromatic carbocycles. The van der Waals surface area contributed by atoms with E-state index in [4.69, 9.17) is 0 Å². The van der Waals surface area contributed by atoms with E-state index in [1.165, 1.54) is 16.8 Å². The number of rotatable bonds is 2. The summed E-state index contributed by atoms with van der Waals surface area (Å²) < 4.78 is 0.